The van der Waals surface area contributed by atoms with Gasteiger partial charge in [-0.1, -0.05) is 19.9 Å². The van der Waals surface area contributed by atoms with Crippen molar-refractivity contribution in [1.29, 1.82) is 0 Å². The third-order valence-electron chi connectivity index (χ3n) is 5.52. The van der Waals surface area contributed by atoms with Crippen LogP contribution < -0.4 is 9.62 Å². The molecule has 1 aliphatic carbocycles. The van der Waals surface area contributed by atoms with Crippen LogP contribution in [0.4, 0.5) is 11.4 Å². The Bertz CT molecular complexity index is 1050. The van der Waals surface area contributed by atoms with Crippen molar-refractivity contribution in [2.75, 3.05) is 16.2 Å². The summed E-state index contributed by atoms with van der Waals surface area (Å²) in [4.78, 5) is 14.7. The minimum Gasteiger partial charge on any atom is -0.311 e. The van der Waals surface area contributed by atoms with Crippen molar-refractivity contribution in [3.63, 3.8) is 0 Å². The maximum atomic E-state index is 13.0. The van der Waals surface area contributed by atoms with E-state index in [-0.39, 0.29) is 22.1 Å². The van der Waals surface area contributed by atoms with Crippen LogP contribution in [0.25, 0.3) is 0 Å². The fraction of sp³-hybridized carbons (Fsp3) is 0.409. The van der Waals surface area contributed by atoms with Gasteiger partial charge in [-0.3, -0.25) is 9.52 Å². The molecule has 1 N–H and O–H groups in total. The number of amides is 1. The van der Waals surface area contributed by atoms with E-state index in [0.29, 0.717) is 12.2 Å². The van der Waals surface area contributed by atoms with E-state index >= 15 is 0 Å². The molecule has 0 atom stereocenters. The number of hydrogen-bond donors (Lipinski definition) is 1. The van der Waals surface area contributed by atoms with Crippen molar-refractivity contribution in [2.45, 2.75) is 50.8 Å². The molecule has 1 saturated carbocycles. The minimum atomic E-state index is -3.71. The Labute approximate surface area is 166 Å². The Morgan fingerprint density at radius 3 is 2.32 bits per heavy atom. The second-order valence-corrected chi connectivity index (χ2v) is 10.4. The first-order chi connectivity index (χ1) is 13.1. The molecule has 5 nitrogen and oxygen atoms in total. The van der Waals surface area contributed by atoms with Crippen LogP contribution >= 0.6 is 0 Å². The van der Waals surface area contributed by atoms with Gasteiger partial charge in [0.2, 0.25) is 5.91 Å². The smallest absolute Gasteiger partial charge is 0.261 e. The van der Waals surface area contributed by atoms with Gasteiger partial charge in [0, 0.05) is 29.3 Å². The van der Waals surface area contributed by atoms with E-state index in [4.69, 9.17) is 0 Å². The number of aryl methyl sites for hydroxylation is 2. The zero-order valence-electron chi connectivity index (χ0n) is 16.7. The van der Waals surface area contributed by atoms with Crippen LogP contribution in [0.1, 0.15) is 43.4 Å². The molecule has 0 spiro atoms. The Hall–Kier alpha value is -2.34. The molecule has 1 amide bonds. The van der Waals surface area contributed by atoms with E-state index in [1.54, 1.807) is 18.2 Å². The predicted octanol–water partition coefficient (Wildman–Crippen LogP) is 4.14. The Morgan fingerprint density at radius 1 is 1.07 bits per heavy atom. The molecule has 2 aliphatic rings. The third kappa shape index (κ3) is 3.41. The molecule has 1 heterocycles. The standard InChI is InChI=1S/C22H26N2O3S/c1-14-9-15(2)11-17(10-14)23-28(26,27)18-7-8-20-19(12-18)22(3,4)13-24(20)21(25)16-5-6-16/h7-12,16,23H,5-6,13H2,1-4H3. The number of nitrogens with one attached hydrogen (secondary N) is 1. The largest absolute Gasteiger partial charge is 0.311 e. The fourth-order valence-corrected chi connectivity index (χ4v) is 5.09. The van der Waals surface area contributed by atoms with Crippen molar-refractivity contribution >= 4 is 27.3 Å². The van der Waals surface area contributed by atoms with Crippen LogP contribution in [0, 0.1) is 19.8 Å². The van der Waals surface area contributed by atoms with Crippen LogP contribution in [-0.2, 0) is 20.2 Å². The highest BCUT2D eigenvalue weighted by Gasteiger charge is 2.43. The topological polar surface area (TPSA) is 66.5 Å². The summed E-state index contributed by atoms with van der Waals surface area (Å²) < 4.78 is 28.6. The van der Waals surface area contributed by atoms with E-state index in [0.717, 1.165) is 35.2 Å². The lowest BCUT2D eigenvalue weighted by atomic mass is 9.87. The molecule has 2 aromatic rings. The first-order valence-corrected chi connectivity index (χ1v) is 11.1. The quantitative estimate of drug-likeness (QED) is 0.842. The lowest BCUT2D eigenvalue weighted by Crippen LogP contribution is -2.34. The highest BCUT2D eigenvalue weighted by molar-refractivity contribution is 7.92. The lowest BCUT2D eigenvalue weighted by Gasteiger charge is -2.20. The maximum Gasteiger partial charge on any atom is 0.261 e. The number of anilines is 2. The number of rotatable bonds is 4. The van der Waals surface area contributed by atoms with Gasteiger partial charge in [-0.2, -0.15) is 0 Å². The molecule has 0 bridgehead atoms. The zero-order valence-corrected chi connectivity index (χ0v) is 17.6. The summed E-state index contributed by atoms with van der Waals surface area (Å²) in [6.07, 6.45) is 1.91. The van der Waals surface area contributed by atoms with Crippen LogP contribution in [0.5, 0.6) is 0 Å². The van der Waals surface area contributed by atoms with Gasteiger partial charge in [-0.05, 0) is 73.7 Å². The van der Waals surface area contributed by atoms with Crippen molar-refractivity contribution in [2.24, 2.45) is 5.92 Å². The van der Waals surface area contributed by atoms with Crippen molar-refractivity contribution in [3.8, 4) is 0 Å². The number of sulfonamides is 1. The summed E-state index contributed by atoms with van der Waals surface area (Å²) in [5.41, 5.74) is 4.02. The molecule has 1 fully saturated rings. The average molecular weight is 399 g/mol. The van der Waals surface area contributed by atoms with Gasteiger partial charge in [0.1, 0.15) is 0 Å². The van der Waals surface area contributed by atoms with Crippen LogP contribution in [0.15, 0.2) is 41.3 Å². The van der Waals surface area contributed by atoms with Gasteiger partial charge < -0.3 is 4.90 Å². The summed E-state index contributed by atoms with van der Waals surface area (Å²) in [7, 11) is -3.71. The van der Waals surface area contributed by atoms with Crippen LogP contribution in [-0.4, -0.2) is 20.9 Å². The summed E-state index contributed by atoms with van der Waals surface area (Å²) in [5.74, 6) is 0.298. The van der Waals surface area contributed by atoms with Gasteiger partial charge in [0.15, 0.2) is 0 Å². The van der Waals surface area contributed by atoms with Gasteiger partial charge in [-0.15, -0.1) is 0 Å². The first-order valence-electron chi connectivity index (χ1n) is 9.64. The molecule has 0 saturated heterocycles. The summed E-state index contributed by atoms with van der Waals surface area (Å²) in [6, 6.07) is 10.7. The van der Waals surface area contributed by atoms with Gasteiger partial charge >= 0.3 is 0 Å². The number of benzene rings is 2. The van der Waals surface area contributed by atoms with E-state index in [1.807, 2.05) is 36.9 Å². The molecule has 6 heteroatoms. The molecule has 2 aromatic carbocycles. The second kappa shape index (κ2) is 6.34. The van der Waals surface area contributed by atoms with Crippen molar-refractivity contribution in [1.82, 2.24) is 0 Å². The van der Waals surface area contributed by atoms with Gasteiger partial charge in [0.05, 0.1) is 4.90 Å². The number of carbonyl (C=O) groups excluding carboxylic acids is 1. The number of fused-ring (bicyclic) bond motifs is 1. The normalized spacial score (nSPS) is 18.1. The molecular formula is C22H26N2O3S. The average Bonchev–Trinajstić information content (AvgIpc) is 3.38. The lowest BCUT2D eigenvalue weighted by molar-refractivity contribution is -0.119. The van der Waals surface area contributed by atoms with Crippen molar-refractivity contribution < 1.29 is 13.2 Å². The highest BCUT2D eigenvalue weighted by atomic mass is 32.2. The Balaban J connectivity index is 1.69. The molecular weight excluding hydrogens is 372 g/mol. The van der Waals surface area contributed by atoms with E-state index in [1.165, 1.54) is 0 Å². The molecule has 4 rings (SSSR count). The Kier molecular flexibility index (Phi) is 4.30. The number of nitrogens with zero attached hydrogens (tertiary/aromatic N) is 1. The zero-order chi connectivity index (χ0) is 20.3. The third-order valence-corrected chi connectivity index (χ3v) is 6.90. The van der Waals surface area contributed by atoms with Crippen LogP contribution in [0.3, 0.4) is 0 Å². The maximum absolute atomic E-state index is 13.0. The molecule has 28 heavy (non-hydrogen) atoms. The van der Waals surface area contributed by atoms with E-state index < -0.39 is 10.0 Å². The molecule has 0 unspecified atom stereocenters. The summed E-state index contributed by atoms with van der Waals surface area (Å²) in [5, 5.41) is 0. The minimum absolute atomic E-state index is 0.136. The van der Waals surface area contributed by atoms with Gasteiger partial charge in [-0.25, -0.2) is 8.42 Å². The molecule has 0 radical (unpaired) electrons. The highest BCUT2D eigenvalue weighted by Crippen LogP contribution is 2.44. The molecule has 1 aliphatic heterocycles. The van der Waals surface area contributed by atoms with E-state index in [9.17, 15) is 13.2 Å². The monoisotopic (exact) mass is 398 g/mol. The predicted molar refractivity (Wildman–Crippen MR) is 111 cm³/mol. The number of hydrogen-bond acceptors (Lipinski definition) is 3. The Morgan fingerprint density at radius 2 is 1.71 bits per heavy atom. The molecule has 0 aromatic heterocycles. The van der Waals surface area contributed by atoms with Crippen molar-refractivity contribution in [3.05, 3.63) is 53.1 Å². The summed E-state index contributed by atoms with van der Waals surface area (Å²) in [6.45, 7) is 8.58. The SMILES string of the molecule is Cc1cc(C)cc(NS(=O)(=O)c2ccc3c(c2)C(C)(C)CN3C(=O)C2CC2)c1. The van der Waals surface area contributed by atoms with E-state index in [2.05, 4.69) is 18.6 Å². The fourth-order valence-electron chi connectivity index (χ4n) is 4.02. The number of carbonyl (C=O) groups is 1. The summed E-state index contributed by atoms with van der Waals surface area (Å²) >= 11 is 0. The van der Waals surface area contributed by atoms with Crippen LogP contribution in [0.2, 0.25) is 0 Å². The molecule has 148 valence electrons. The second-order valence-electron chi connectivity index (χ2n) is 8.74. The first kappa shape index (κ1) is 19.0. The van der Waals surface area contributed by atoms with Gasteiger partial charge in [0.25, 0.3) is 10.0 Å².